The van der Waals surface area contributed by atoms with E-state index in [1.165, 1.54) is 17.0 Å². The third-order valence-corrected chi connectivity index (χ3v) is 8.99. The largest absolute Gasteiger partial charge is 0.352 e. The highest BCUT2D eigenvalue weighted by atomic mass is 79.9. The molecule has 2 amide bonds. The predicted octanol–water partition coefficient (Wildman–Crippen LogP) is 5.54. The monoisotopic (exact) mass is 613 g/mol. The molecule has 208 valence electrons. The summed E-state index contributed by atoms with van der Waals surface area (Å²) in [6, 6.07) is 21.8. The van der Waals surface area contributed by atoms with Crippen molar-refractivity contribution in [3.8, 4) is 0 Å². The SMILES string of the molecule is CCc1ccc(N(CC(=O)N(Cc2ccc(Br)cc2)[C@H](C)C(=O)N[C@H](C)CC)S(=O)(=O)c2ccccc2)cc1. The van der Waals surface area contributed by atoms with Gasteiger partial charge in [0.1, 0.15) is 12.6 Å². The number of sulfonamides is 1. The molecule has 0 saturated heterocycles. The molecule has 7 nitrogen and oxygen atoms in total. The Hall–Kier alpha value is -3.17. The molecule has 0 heterocycles. The Morgan fingerprint density at radius 1 is 0.872 bits per heavy atom. The van der Waals surface area contributed by atoms with Crippen molar-refractivity contribution in [2.24, 2.45) is 0 Å². The number of halogens is 1. The van der Waals surface area contributed by atoms with Crippen LogP contribution in [0.4, 0.5) is 5.69 Å². The Kier molecular flexibility index (Phi) is 10.7. The molecule has 0 aromatic heterocycles. The second-order valence-electron chi connectivity index (χ2n) is 9.49. The zero-order valence-corrected chi connectivity index (χ0v) is 25.2. The van der Waals surface area contributed by atoms with Crippen LogP contribution in [-0.4, -0.2) is 43.8 Å². The number of hydrogen-bond acceptors (Lipinski definition) is 4. The first kappa shape index (κ1) is 30.4. The second kappa shape index (κ2) is 13.8. The molecular weight excluding hydrogens is 578 g/mol. The third kappa shape index (κ3) is 7.92. The summed E-state index contributed by atoms with van der Waals surface area (Å²) in [6.07, 6.45) is 1.55. The van der Waals surface area contributed by atoms with Gasteiger partial charge in [0, 0.05) is 17.1 Å². The number of hydrogen-bond donors (Lipinski definition) is 1. The fraction of sp³-hybridized carbons (Fsp3) is 0.333. The maximum Gasteiger partial charge on any atom is 0.264 e. The Bertz CT molecular complexity index is 1350. The topological polar surface area (TPSA) is 86.8 Å². The molecule has 0 unspecified atom stereocenters. The lowest BCUT2D eigenvalue weighted by molar-refractivity contribution is -0.139. The summed E-state index contributed by atoms with van der Waals surface area (Å²) in [7, 11) is -4.07. The van der Waals surface area contributed by atoms with Crippen LogP contribution in [0, 0.1) is 0 Å². The van der Waals surface area contributed by atoms with Crippen LogP contribution >= 0.6 is 15.9 Å². The molecule has 0 saturated carbocycles. The number of nitrogens with one attached hydrogen (secondary N) is 1. The lowest BCUT2D eigenvalue weighted by Gasteiger charge is -2.32. The van der Waals surface area contributed by atoms with E-state index in [0.29, 0.717) is 5.69 Å². The summed E-state index contributed by atoms with van der Waals surface area (Å²) < 4.78 is 29.6. The van der Waals surface area contributed by atoms with Gasteiger partial charge in [-0.15, -0.1) is 0 Å². The second-order valence-corrected chi connectivity index (χ2v) is 12.3. The van der Waals surface area contributed by atoms with Crippen LogP contribution in [0.2, 0.25) is 0 Å². The number of aryl methyl sites for hydroxylation is 1. The van der Waals surface area contributed by atoms with E-state index in [4.69, 9.17) is 0 Å². The summed E-state index contributed by atoms with van der Waals surface area (Å²) in [6.45, 7) is 7.24. The van der Waals surface area contributed by atoms with E-state index in [2.05, 4.69) is 21.2 Å². The summed E-state index contributed by atoms with van der Waals surface area (Å²) in [5.74, 6) is -0.775. The number of carbonyl (C=O) groups is 2. The molecule has 9 heteroatoms. The smallest absolute Gasteiger partial charge is 0.264 e. The molecule has 0 aliphatic rings. The van der Waals surface area contributed by atoms with Crippen LogP contribution in [0.25, 0.3) is 0 Å². The van der Waals surface area contributed by atoms with E-state index >= 15 is 0 Å². The highest BCUT2D eigenvalue weighted by Crippen LogP contribution is 2.25. The number of amides is 2. The number of rotatable bonds is 12. The van der Waals surface area contributed by atoms with Gasteiger partial charge in [0.15, 0.2) is 0 Å². The van der Waals surface area contributed by atoms with E-state index in [1.54, 1.807) is 37.3 Å². The van der Waals surface area contributed by atoms with Crippen LogP contribution in [0.1, 0.15) is 45.2 Å². The van der Waals surface area contributed by atoms with Crippen LogP contribution in [-0.2, 0) is 32.6 Å². The zero-order valence-electron chi connectivity index (χ0n) is 22.8. The maximum absolute atomic E-state index is 13.9. The van der Waals surface area contributed by atoms with Gasteiger partial charge in [-0.25, -0.2) is 8.42 Å². The molecule has 0 aliphatic carbocycles. The summed E-state index contributed by atoms with van der Waals surface area (Å²) in [5, 5.41) is 2.94. The lowest BCUT2D eigenvalue weighted by Crippen LogP contribution is -2.52. The first-order valence-electron chi connectivity index (χ1n) is 13.1. The molecule has 39 heavy (non-hydrogen) atoms. The van der Waals surface area contributed by atoms with Gasteiger partial charge in [0.05, 0.1) is 10.6 Å². The van der Waals surface area contributed by atoms with Crippen LogP contribution < -0.4 is 9.62 Å². The van der Waals surface area contributed by atoms with E-state index in [-0.39, 0.29) is 23.4 Å². The van der Waals surface area contributed by atoms with Crippen molar-refractivity contribution in [3.63, 3.8) is 0 Å². The Morgan fingerprint density at radius 2 is 1.46 bits per heavy atom. The third-order valence-electron chi connectivity index (χ3n) is 6.68. The van der Waals surface area contributed by atoms with E-state index < -0.39 is 28.5 Å². The lowest BCUT2D eigenvalue weighted by atomic mass is 10.1. The average molecular weight is 615 g/mol. The van der Waals surface area contributed by atoms with Crippen molar-refractivity contribution in [1.82, 2.24) is 10.2 Å². The molecule has 0 spiro atoms. The molecule has 3 rings (SSSR count). The van der Waals surface area contributed by atoms with Gasteiger partial charge in [-0.05, 0) is 74.2 Å². The van der Waals surface area contributed by atoms with Crippen molar-refractivity contribution in [3.05, 3.63) is 94.5 Å². The molecule has 0 bridgehead atoms. The fourth-order valence-electron chi connectivity index (χ4n) is 3.98. The average Bonchev–Trinajstić information content (AvgIpc) is 2.95. The molecular formula is C30H36BrN3O4S. The standard InChI is InChI=1S/C30H36BrN3O4S/c1-5-22(3)32-30(36)23(4)33(20-25-12-16-26(31)17-13-25)29(35)21-34(27-18-14-24(6-2)15-19-27)39(37,38)28-10-8-7-9-11-28/h7-19,22-23H,5-6,20-21H2,1-4H3,(H,32,36)/t22-,23-/m1/s1. The first-order chi connectivity index (χ1) is 18.6. The van der Waals surface area contributed by atoms with Crippen molar-refractivity contribution >= 4 is 43.5 Å². The van der Waals surface area contributed by atoms with Gasteiger partial charge in [0.2, 0.25) is 11.8 Å². The normalized spacial score (nSPS) is 12.8. The van der Waals surface area contributed by atoms with Crippen LogP contribution in [0.3, 0.4) is 0 Å². The van der Waals surface area contributed by atoms with Gasteiger partial charge in [-0.1, -0.05) is 72.2 Å². The Morgan fingerprint density at radius 3 is 2.03 bits per heavy atom. The van der Waals surface area contributed by atoms with Gasteiger partial charge in [0.25, 0.3) is 10.0 Å². The van der Waals surface area contributed by atoms with Crippen molar-refractivity contribution in [1.29, 1.82) is 0 Å². The van der Waals surface area contributed by atoms with Gasteiger partial charge < -0.3 is 10.2 Å². The quantitative estimate of drug-likeness (QED) is 0.291. The minimum atomic E-state index is -4.07. The number of nitrogens with zero attached hydrogens (tertiary/aromatic N) is 2. The summed E-state index contributed by atoms with van der Waals surface area (Å²) in [4.78, 5) is 28.6. The first-order valence-corrected chi connectivity index (χ1v) is 15.3. The highest BCUT2D eigenvalue weighted by Gasteiger charge is 2.32. The molecule has 3 aromatic rings. The van der Waals surface area contributed by atoms with E-state index in [9.17, 15) is 18.0 Å². The van der Waals surface area contributed by atoms with Crippen LogP contribution in [0.15, 0.2) is 88.2 Å². The molecule has 2 atom stereocenters. The Labute approximate surface area is 240 Å². The van der Waals surface area contributed by atoms with E-state index in [0.717, 1.165) is 32.7 Å². The summed E-state index contributed by atoms with van der Waals surface area (Å²) in [5.41, 5.74) is 2.25. The minimum Gasteiger partial charge on any atom is -0.352 e. The minimum absolute atomic E-state index is 0.0587. The number of carbonyl (C=O) groups excluding carboxylic acids is 2. The predicted molar refractivity (Wildman–Crippen MR) is 159 cm³/mol. The molecule has 3 aromatic carbocycles. The molecule has 0 fully saturated rings. The highest BCUT2D eigenvalue weighted by molar-refractivity contribution is 9.10. The fourth-order valence-corrected chi connectivity index (χ4v) is 5.68. The Balaban J connectivity index is 2.01. The van der Waals surface area contributed by atoms with Gasteiger partial charge in [-0.2, -0.15) is 0 Å². The molecule has 0 aliphatic heterocycles. The van der Waals surface area contributed by atoms with Crippen molar-refractivity contribution in [2.75, 3.05) is 10.8 Å². The molecule has 1 N–H and O–H groups in total. The number of anilines is 1. The van der Waals surface area contributed by atoms with Crippen molar-refractivity contribution in [2.45, 2.75) is 64.1 Å². The van der Waals surface area contributed by atoms with Crippen LogP contribution in [0.5, 0.6) is 0 Å². The van der Waals surface area contributed by atoms with E-state index in [1.807, 2.05) is 57.2 Å². The van der Waals surface area contributed by atoms with Gasteiger partial charge in [-0.3, -0.25) is 13.9 Å². The van der Waals surface area contributed by atoms with Gasteiger partial charge >= 0.3 is 0 Å². The number of benzene rings is 3. The maximum atomic E-state index is 13.9. The molecule has 0 radical (unpaired) electrons. The zero-order chi connectivity index (χ0) is 28.6. The summed E-state index contributed by atoms with van der Waals surface area (Å²) >= 11 is 3.42. The van der Waals surface area contributed by atoms with Crippen molar-refractivity contribution < 1.29 is 18.0 Å².